The summed E-state index contributed by atoms with van der Waals surface area (Å²) in [5, 5.41) is 24.1. The number of hydrogen-bond acceptors (Lipinski definition) is 9. The Morgan fingerprint density at radius 3 is 2.43 bits per heavy atom. The molecule has 2 N–H and O–H groups in total. The fourth-order valence-electron chi connectivity index (χ4n) is 7.90. The number of ether oxygens (including phenoxy) is 3. The van der Waals surface area contributed by atoms with Crippen molar-refractivity contribution in [3.05, 3.63) is 12.2 Å². The number of rotatable bonds is 5. The summed E-state index contributed by atoms with van der Waals surface area (Å²) in [7, 11) is 0. The minimum absolute atomic E-state index is 0.151. The van der Waals surface area contributed by atoms with Gasteiger partial charge in [0.25, 0.3) is 0 Å². The van der Waals surface area contributed by atoms with Gasteiger partial charge in [-0.15, -0.1) is 0 Å². The molecule has 0 amide bonds. The molecule has 4 rings (SSSR count). The van der Waals surface area contributed by atoms with Crippen LogP contribution >= 0.6 is 0 Å². The first-order valence-corrected chi connectivity index (χ1v) is 12.5. The summed E-state index contributed by atoms with van der Waals surface area (Å²) in [4.78, 5) is 49.4. The topological polar surface area (TPSA) is 136 Å². The largest absolute Gasteiger partial charge is 0.466 e. The number of ketones is 1. The first-order chi connectivity index (χ1) is 16.3. The van der Waals surface area contributed by atoms with E-state index in [1.165, 1.54) is 19.9 Å². The number of carbonyl (C=O) groups is 4. The van der Waals surface area contributed by atoms with Crippen molar-refractivity contribution in [3.8, 4) is 0 Å². The van der Waals surface area contributed by atoms with Crippen LogP contribution in [0.3, 0.4) is 0 Å². The first kappa shape index (κ1) is 25.8. The van der Waals surface area contributed by atoms with Gasteiger partial charge in [-0.2, -0.15) is 0 Å². The predicted molar refractivity (Wildman–Crippen MR) is 122 cm³/mol. The van der Waals surface area contributed by atoms with E-state index in [0.717, 1.165) is 0 Å². The highest BCUT2D eigenvalue weighted by molar-refractivity contribution is 5.92. The zero-order valence-corrected chi connectivity index (χ0v) is 20.9. The lowest BCUT2D eigenvalue weighted by molar-refractivity contribution is -0.270. The maximum Gasteiger partial charge on any atom is 0.309 e. The van der Waals surface area contributed by atoms with Gasteiger partial charge in [-0.3, -0.25) is 19.2 Å². The van der Waals surface area contributed by atoms with Crippen LogP contribution in [0, 0.1) is 28.6 Å². The molecule has 4 aliphatic rings. The number of fused-ring (bicyclic) bond motifs is 5. The third kappa shape index (κ3) is 3.73. The number of esters is 3. The van der Waals surface area contributed by atoms with Crippen molar-refractivity contribution in [2.45, 2.75) is 83.5 Å². The van der Waals surface area contributed by atoms with Gasteiger partial charge in [0.05, 0.1) is 29.1 Å². The molecule has 3 saturated carbocycles. The van der Waals surface area contributed by atoms with Crippen LogP contribution in [0.15, 0.2) is 12.2 Å². The summed E-state index contributed by atoms with van der Waals surface area (Å²) in [5.41, 5.74) is -5.00. The van der Waals surface area contributed by atoms with Crippen molar-refractivity contribution >= 4 is 23.7 Å². The van der Waals surface area contributed by atoms with Gasteiger partial charge in [0.15, 0.2) is 5.78 Å². The molecule has 0 heterocycles. The Balaban J connectivity index is 1.86. The number of aliphatic hydroxyl groups is 2. The molecule has 0 aliphatic heterocycles. The smallest absolute Gasteiger partial charge is 0.309 e. The summed E-state index contributed by atoms with van der Waals surface area (Å²) in [6.45, 7) is 6.16. The van der Waals surface area contributed by atoms with Gasteiger partial charge < -0.3 is 24.4 Å². The summed E-state index contributed by atoms with van der Waals surface area (Å²) in [6, 6.07) is 0. The lowest BCUT2D eigenvalue weighted by Gasteiger charge is -2.65. The van der Waals surface area contributed by atoms with Crippen molar-refractivity contribution in [1.82, 2.24) is 0 Å². The third-order valence-electron chi connectivity index (χ3n) is 9.41. The van der Waals surface area contributed by atoms with Crippen molar-refractivity contribution < 1.29 is 43.6 Å². The van der Waals surface area contributed by atoms with Crippen molar-refractivity contribution in [3.63, 3.8) is 0 Å². The number of hydrogen-bond donors (Lipinski definition) is 2. The summed E-state index contributed by atoms with van der Waals surface area (Å²) in [5.74, 6) is -3.36. The zero-order valence-electron chi connectivity index (χ0n) is 20.9. The average Bonchev–Trinajstić information content (AvgIpc) is 3.02. The third-order valence-corrected chi connectivity index (χ3v) is 9.41. The molecule has 0 unspecified atom stereocenters. The molecule has 3 fully saturated rings. The quantitative estimate of drug-likeness (QED) is 0.435. The van der Waals surface area contributed by atoms with E-state index in [1.54, 1.807) is 13.0 Å². The van der Waals surface area contributed by atoms with Gasteiger partial charge in [-0.25, -0.2) is 0 Å². The second kappa shape index (κ2) is 8.69. The molecule has 0 aromatic carbocycles. The Labute approximate surface area is 205 Å². The fourth-order valence-corrected chi connectivity index (χ4v) is 7.90. The fraction of sp³-hybridized carbons (Fsp3) is 0.769. The van der Waals surface area contributed by atoms with E-state index < -0.39 is 57.8 Å². The van der Waals surface area contributed by atoms with Crippen LogP contribution < -0.4 is 0 Å². The Bertz CT molecular complexity index is 958. The highest BCUT2D eigenvalue weighted by atomic mass is 16.5. The molecule has 4 aliphatic carbocycles. The normalized spacial score (nSPS) is 44.0. The highest BCUT2D eigenvalue weighted by Crippen LogP contribution is 2.69. The molecule has 35 heavy (non-hydrogen) atoms. The SMILES string of the molecule is CCOC(=O)[C@@H]1CC[C@]2(O)[C@@H]3CC[C@]4(O)CC(=O)C=C[C@]4(COC(C)=O)[C@H]3[C@H](OC(C)=O)C[C@@]12C. The van der Waals surface area contributed by atoms with Crippen LogP contribution in [-0.2, 0) is 33.4 Å². The molecule has 0 bridgehead atoms. The molecule has 0 radical (unpaired) electrons. The summed E-state index contributed by atoms with van der Waals surface area (Å²) >= 11 is 0. The van der Waals surface area contributed by atoms with Crippen molar-refractivity contribution in [2.75, 3.05) is 13.2 Å². The van der Waals surface area contributed by atoms with Crippen molar-refractivity contribution in [1.29, 1.82) is 0 Å². The van der Waals surface area contributed by atoms with E-state index in [1.807, 2.05) is 6.92 Å². The van der Waals surface area contributed by atoms with Gasteiger partial charge >= 0.3 is 17.9 Å². The van der Waals surface area contributed by atoms with E-state index >= 15 is 0 Å². The Kier molecular flexibility index (Phi) is 6.41. The van der Waals surface area contributed by atoms with Gasteiger partial charge in [0.1, 0.15) is 12.7 Å². The Hall–Kier alpha value is -2.26. The van der Waals surface area contributed by atoms with E-state index in [-0.39, 0.29) is 44.2 Å². The molecule has 0 aromatic rings. The monoisotopic (exact) mass is 492 g/mol. The molecule has 0 saturated heterocycles. The first-order valence-electron chi connectivity index (χ1n) is 12.5. The molecule has 8 atom stereocenters. The lowest BCUT2D eigenvalue weighted by atomic mass is 9.42. The molecule has 0 spiro atoms. The zero-order chi connectivity index (χ0) is 25.8. The van der Waals surface area contributed by atoms with Crippen LogP contribution in [-0.4, -0.2) is 64.4 Å². The van der Waals surface area contributed by atoms with Gasteiger partial charge in [-0.05, 0) is 51.0 Å². The maximum absolute atomic E-state index is 12.9. The average molecular weight is 493 g/mol. The van der Waals surface area contributed by atoms with E-state index in [4.69, 9.17) is 14.2 Å². The van der Waals surface area contributed by atoms with Crippen molar-refractivity contribution in [2.24, 2.45) is 28.6 Å². The van der Waals surface area contributed by atoms with E-state index in [2.05, 4.69) is 0 Å². The van der Waals surface area contributed by atoms with Crippen LogP contribution in [0.1, 0.15) is 66.2 Å². The Morgan fingerprint density at radius 2 is 1.80 bits per heavy atom. The van der Waals surface area contributed by atoms with Crippen LogP contribution in [0.5, 0.6) is 0 Å². The standard InChI is InChI=1S/C26H36O9/c1-5-33-22(30)19-8-11-26(32)18-7-10-25(31)12-17(29)6-9-24(25,14-34-15(2)27)21(18)20(35-16(3)28)13-23(19,26)4/h6,9,18-21,31-32H,5,7-8,10-14H2,1-4H3/t18-,19+,20-,21-,23+,24+,25+,26+/m1/s1. The molecular formula is C26H36O9. The minimum atomic E-state index is -1.53. The molecular weight excluding hydrogens is 456 g/mol. The van der Waals surface area contributed by atoms with Crippen LogP contribution in [0.4, 0.5) is 0 Å². The molecule has 194 valence electrons. The van der Waals surface area contributed by atoms with Crippen LogP contribution in [0.25, 0.3) is 0 Å². The number of carbonyl (C=O) groups excluding carboxylic acids is 4. The lowest BCUT2D eigenvalue weighted by Crippen LogP contribution is -2.72. The maximum atomic E-state index is 12.9. The van der Waals surface area contributed by atoms with Crippen LogP contribution in [0.2, 0.25) is 0 Å². The predicted octanol–water partition coefficient (Wildman–Crippen LogP) is 1.87. The molecule has 0 aromatic heterocycles. The minimum Gasteiger partial charge on any atom is -0.466 e. The second-order valence-electron chi connectivity index (χ2n) is 11.0. The molecule has 9 nitrogen and oxygen atoms in total. The Morgan fingerprint density at radius 1 is 1.09 bits per heavy atom. The number of allylic oxidation sites excluding steroid dienone is 1. The summed E-state index contributed by atoms with van der Waals surface area (Å²) < 4.78 is 16.6. The van der Waals surface area contributed by atoms with E-state index in [0.29, 0.717) is 19.3 Å². The highest BCUT2D eigenvalue weighted by Gasteiger charge is 2.74. The second-order valence-corrected chi connectivity index (χ2v) is 11.0. The van der Waals surface area contributed by atoms with Gasteiger partial charge in [0, 0.05) is 31.6 Å². The van der Waals surface area contributed by atoms with E-state index in [9.17, 15) is 29.4 Å². The van der Waals surface area contributed by atoms with Gasteiger partial charge in [0.2, 0.25) is 0 Å². The molecule has 9 heteroatoms. The summed E-state index contributed by atoms with van der Waals surface area (Å²) in [6.07, 6.45) is 3.57. The van der Waals surface area contributed by atoms with Gasteiger partial charge in [-0.1, -0.05) is 13.0 Å².